The van der Waals surface area contributed by atoms with Crippen molar-refractivity contribution in [3.8, 4) is 0 Å². The number of hydrogen-bond donors (Lipinski definition) is 4. The molecule has 0 aliphatic heterocycles. The van der Waals surface area contributed by atoms with Crippen molar-refractivity contribution in [3.63, 3.8) is 0 Å². The predicted molar refractivity (Wildman–Crippen MR) is 125 cm³/mol. The van der Waals surface area contributed by atoms with Crippen LogP contribution < -0.4 is 20.9 Å². The number of fused-ring (bicyclic) bond motifs is 1. The van der Waals surface area contributed by atoms with E-state index in [2.05, 4.69) is 25.4 Å². The largest absolute Gasteiger partial charge is 0.353 e. The zero-order valence-electron chi connectivity index (χ0n) is 18.2. The number of aromatic nitrogens is 3. The molecule has 4 rings (SSSR count). The molecule has 0 atom stereocenters. The van der Waals surface area contributed by atoms with Gasteiger partial charge >= 0.3 is 0 Å². The van der Waals surface area contributed by atoms with E-state index in [0.717, 1.165) is 24.8 Å². The number of carbonyl (C=O) groups excluding carboxylic acids is 1. The lowest BCUT2D eigenvalue weighted by atomic mass is 10.1. The summed E-state index contributed by atoms with van der Waals surface area (Å²) in [5.74, 6) is 0.123. The Labute approximate surface area is 185 Å². The van der Waals surface area contributed by atoms with Gasteiger partial charge in [-0.1, -0.05) is 13.0 Å². The second-order valence-electron chi connectivity index (χ2n) is 7.88. The van der Waals surface area contributed by atoms with E-state index >= 15 is 0 Å². The lowest BCUT2D eigenvalue weighted by molar-refractivity contribution is -0.117. The molecule has 3 aromatic rings. The van der Waals surface area contributed by atoms with Crippen molar-refractivity contribution in [1.82, 2.24) is 14.8 Å². The highest BCUT2D eigenvalue weighted by Crippen LogP contribution is 2.33. The molecule has 1 aliphatic carbocycles. The molecule has 10 nitrogen and oxygen atoms in total. The molecule has 1 fully saturated rings. The Morgan fingerprint density at radius 3 is 2.59 bits per heavy atom. The van der Waals surface area contributed by atoms with Gasteiger partial charge in [-0.15, -0.1) is 0 Å². The number of hydrogen-bond acceptors (Lipinski definition) is 6. The summed E-state index contributed by atoms with van der Waals surface area (Å²) in [5, 5.41) is 9.16. The average Bonchev–Trinajstić information content (AvgIpc) is 3.56. The van der Waals surface area contributed by atoms with E-state index in [4.69, 9.17) is 0 Å². The summed E-state index contributed by atoms with van der Waals surface area (Å²) >= 11 is 0. The molecule has 1 aliphatic rings. The van der Waals surface area contributed by atoms with Crippen LogP contribution in [0.3, 0.4) is 0 Å². The van der Waals surface area contributed by atoms with E-state index in [0.29, 0.717) is 33.9 Å². The molecule has 11 heteroatoms. The minimum Gasteiger partial charge on any atom is -0.353 e. The Balaban J connectivity index is 1.79. The highest BCUT2D eigenvalue weighted by Gasteiger charge is 2.30. The van der Waals surface area contributed by atoms with Crippen LogP contribution in [-0.4, -0.2) is 34.8 Å². The molecule has 4 N–H and O–H groups in total. The topological polar surface area (TPSA) is 138 Å². The smallest absolute Gasteiger partial charge is 0.277 e. The predicted octanol–water partition coefficient (Wildman–Crippen LogP) is 2.68. The molecule has 0 saturated heterocycles. The summed E-state index contributed by atoms with van der Waals surface area (Å²) in [6, 6.07) is 7.00. The zero-order chi connectivity index (χ0) is 23.0. The fourth-order valence-corrected chi connectivity index (χ4v) is 3.99. The first-order valence-corrected chi connectivity index (χ1v) is 12.2. The normalized spacial score (nSPS) is 13.8. The van der Waals surface area contributed by atoms with Crippen molar-refractivity contribution in [3.05, 3.63) is 40.2 Å². The van der Waals surface area contributed by atoms with Crippen molar-refractivity contribution in [2.24, 2.45) is 13.0 Å². The van der Waals surface area contributed by atoms with E-state index in [1.165, 1.54) is 4.68 Å². The number of benzene rings is 1. The molecule has 0 unspecified atom stereocenters. The second kappa shape index (κ2) is 8.30. The molecule has 170 valence electrons. The molecule has 1 saturated carbocycles. The van der Waals surface area contributed by atoms with Crippen LogP contribution in [0.15, 0.2) is 29.1 Å². The molecular formula is C21H26N6O4S. The maximum Gasteiger partial charge on any atom is 0.277 e. The van der Waals surface area contributed by atoms with E-state index in [1.807, 2.05) is 13.0 Å². The number of nitrogens with one attached hydrogen (secondary N) is 4. The molecule has 2 heterocycles. The number of H-pyrrole nitrogens is 1. The van der Waals surface area contributed by atoms with E-state index in [1.54, 1.807) is 32.2 Å². The Morgan fingerprint density at radius 2 is 1.94 bits per heavy atom. The minimum absolute atomic E-state index is 0.00429. The Kier molecular flexibility index (Phi) is 5.68. The lowest BCUT2D eigenvalue weighted by Gasteiger charge is -2.16. The molecule has 0 spiro atoms. The third-order valence-corrected chi connectivity index (χ3v) is 6.71. The molecule has 0 bridgehead atoms. The number of carbonyl (C=O) groups is 1. The van der Waals surface area contributed by atoms with Crippen molar-refractivity contribution in [2.75, 3.05) is 21.1 Å². The van der Waals surface area contributed by atoms with Gasteiger partial charge in [0.2, 0.25) is 15.9 Å². The maximum atomic E-state index is 12.7. The first-order valence-electron chi connectivity index (χ1n) is 10.5. The molecule has 2 aromatic heterocycles. The average molecular weight is 459 g/mol. The molecular weight excluding hydrogens is 432 g/mol. The van der Waals surface area contributed by atoms with E-state index in [-0.39, 0.29) is 23.1 Å². The van der Waals surface area contributed by atoms with Crippen LogP contribution in [0.2, 0.25) is 0 Å². The third-order valence-electron chi connectivity index (χ3n) is 5.42. The number of pyridine rings is 1. The standard InChI is InChI=1S/C21H26N6O4S/c1-4-12-6-9-14(15(10-12)26-32(30,31)5-2)22-16-11-17(24-20(28)13-7-8-13)23-19-18(16)21(29)27(3)25-19/h6,9-11,13,26H,4-5,7-8H2,1-3H3,(H3,22,23,24,25,28). The third kappa shape index (κ3) is 4.47. The van der Waals surface area contributed by atoms with Crippen LogP contribution in [0.4, 0.5) is 22.9 Å². The summed E-state index contributed by atoms with van der Waals surface area (Å²) in [7, 11) is -1.94. The van der Waals surface area contributed by atoms with Gasteiger partial charge in [0.25, 0.3) is 5.56 Å². The number of aromatic amines is 1. The Hall–Kier alpha value is -3.34. The molecule has 32 heavy (non-hydrogen) atoms. The fourth-order valence-electron chi connectivity index (χ4n) is 3.35. The molecule has 0 radical (unpaired) electrons. The summed E-state index contributed by atoms with van der Waals surface area (Å²) in [6.45, 7) is 3.54. The number of aryl methyl sites for hydroxylation is 2. The number of nitrogens with zero attached hydrogens (tertiary/aromatic N) is 2. The molecule has 1 aromatic carbocycles. The highest BCUT2D eigenvalue weighted by atomic mass is 32.2. The van der Waals surface area contributed by atoms with Gasteiger partial charge in [0.05, 0.1) is 22.8 Å². The quantitative estimate of drug-likeness (QED) is 0.409. The van der Waals surface area contributed by atoms with Gasteiger partial charge < -0.3 is 10.6 Å². The molecule has 1 amide bonds. The Bertz CT molecular complexity index is 1350. The van der Waals surface area contributed by atoms with Crippen LogP contribution in [0.5, 0.6) is 0 Å². The maximum absolute atomic E-state index is 12.7. The Morgan fingerprint density at radius 1 is 1.19 bits per heavy atom. The monoisotopic (exact) mass is 458 g/mol. The van der Waals surface area contributed by atoms with Gasteiger partial charge in [-0.25, -0.2) is 13.4 Å². The second-order valence-corrected chi connectivity index (χ2v) is 9.89. The highest BCUT2D eigenvalue weighted by molar-refractivity contribution is 7.92. The van der Waals surface area contributed by atoms with Gasteiger partial charge in [-0.2, -0.15) is 0 Å². The van der Waals surface area contributed by atoms with Gasteiger partial charge in [0.1, 0.15) is 11.2 Å². The van der Waals surface area contributed by atoms with Crippen LogP contribution in [0.25, 0.3) is 11.0 Å². The summed E-state index contributed by atoms with van der Waals surface area (Å²) in [6.07, 6.45) is 2.44. The SMILES string of the molecule is CCc1ccc(Nc2cc(NC(=O)C3CC3)nc3[nH]n(C)c(=O)c23)c(NS(=O)(=O)CC)c1. The van der Waals surface area contributed by atoms with Gasteiger partial charge in [0, 0.05) is 19.0 Å². The van der Waals surface area contributed by atoms with E-state index in [9.17, 15) is 18.0 Å². The number of amides is 1. The van der Waals surface area contributed by atoms with Gasteiger partial charge in [0.15, 0.2) is 5.65 Å². The van der Waals surface area contributed by atoms with E-state index < -0.39 is 10.0 Å². The van der Waals surface area contributed by atoms with Crippen molar-refractivity contribution >= 4 is 49.8 Å². The summed E-state index contributed by atoms with van der Waals surface area (Å²) < 4.78 is 28.4. The minimum atomic E-state index is -3.52. The zero-order valence-corrected chi connectivity index (χ0v) is 19.0. The van der Waals surface area contributed by atoms with Crippen molar-refractivity contribution in [1.29, 1.82) is 0 Å². The lowest BCUT2D eigenvalue weighted by Crippen LogP contribution is -2.17. The van der Waals surface area contributed by atoms with Crippen LogP contribution in [0.1, 0.15) is 32.3 Å². The first kappa shape index (κ1) is 21.9. The van der Waals surface area contributed by atoms with Crippen LogP contribution in [-0.2, 0) is 28.3 Å². The summed E-state index contributed by atoms with van der Waals surface area (Å²) in [5.41, 5.74) is 2.25. The van der Waals surface area contributed by atoms with Gasteiger partial charge in [-0.3, -0.25) is 24.1 Å². The first-order chi connectivity index (χ1) is 15.2. The number of rotatable bonds is 8. The fraction of sp³-hybridized carbons (Fsp3) is 0.381. The van der Waals surface area contributed by atoms with Crippen molar-refractivity contribution < 1.29 is 13.2 Å². The van der Waals surface area contributed by atoms with Crippen molar-refractivity contribution in [2.45, 2.75) is 33.1 Å². The number of sulfonamides is 1. The van der Waals surface area contributed by atoms with Crippen LogP contribution >= 0.6 is 0 Å². The summed E-state index contributed by atoms with van der Waals surface area (Å²) in [4.78, 5) is 29.3. The van der Waals surface area contributed by atoms with Crippen LogP contribution in [0, 0.1) is 5.92 Å². The number of anilines is 4. The van der Waals surface area contributed by atoms with Gasteiger partial charge in [-0.05, 0) is 43.9 Å².